The fourth-order valence-corrected chi connectivity index (χ4v) is 2.88. The Kier molecular flexibility index (Phi) is 3.84. The first kappa shape index (κ1) is 13.5. The van der Waals surface area contributed by atoms with Gasteiger partial charge in [0.1, 0.15) is 10.7 Å². The van der Waals surface area contributed by atoms with Gasteiger partial charge in [-0.1, -0.05) is 30.3 Å². The van der Waals surface area contributed by atoms with E-state index in [0.29, 0.717) is 5.56 Å². The number of hydrogen-bond donors (Lipinski definition) is 4. The van der Waals surface area contributed by atoms with Crippen LogP contribution >= 0.6 is 0 Å². The van der Waals surface area contributed by atoms with E-state index in [1.54, 1.807) is 30.3 Å². The van der Waals surface area contributed by atoms with Gasteiger partial charge in [0.05, 0.1) is 18.8 Å². The number of aliphatic hydroxyl groups is 1. The third-order valence-corrected chi connectivity index (χ3v) is 4.10. The van der Waals surface area contributed by atoms with Crippen molar-refractivity contribution in [1.82, 2.24) is 14.9 Å². The number of sulfonamides is 1. The van der Waals surface area contributed by atoms with Gasteiger partial charge in [0.25, 0.3) is 0 Å². The molecule has 0 unspecified atom stereocenters. The molecule has 7 nitrogen and oxygen atoms in total. The van der Waals surface area contributed by atoms with Crippen LogP contribution in [0.1, 0.15) is 11.6 Å². The van der Waals surface area contributed by atoms with Crippen molar-refractivity contribution in [3.8, 4) is 0 Å². The lowest BCUT2D eigenvalue weighted by Crippen LogP contribution is -2.31. The molecular weight excluding hydrogens is 268 g/mol. The van der Waals surface area contributed by atoms with E-state index in [2.05, 4.69) is 14.9 Å². The minimum atomic E-state index is -3.84. The van der Waals surface area contributed by atoms with Crippen molar-refractivity contribution in [1.29, 1.82) is 0 Å². The van der Waals surface area contributed by atoms with Gasteiger partial charge in [-0.05, 0) is 5.56 Å². The summed E-state index contributed by atoms with van der Waals surface area (Å²) in [5, 5.41) is 15.2. The third-order valence-electron chi connectivity index (χ3n) is 2.60. The Hall–Kier alpha value is -1.90. The summed E-state index contributed by atoms with van der Waals surface area (Å²) >= 11 is 0. The zero-order chi connectivity index (χ0) is 13.9. The first-order valence-corrected chi connectivity index (χ1v) is 7.00. The number of hydrogen-bond acceptors (Lipinski definition) is 5. The number of nitrogens with zero attached hydrogens (tertiary/aromatic N) is 1. The van der Waals surface area contributed by atoms with Crippen LogP contribution in [0.3, 0.4) is 0 Å². The number of aromatic amines is 1. The largest absolute Gasteiger partial charge is 0.394 e. The molecule has 102 valence electrons. The highest BCUT2D eigenvalue weighted by molar-refractivity contribution is 7.89. The summed E-state index contributed by atoms with van der Waals surface area (Å²) in [5.41, 5.74) is 6.15. The number of nitrogens with one attached hydrogen (secondary N) is 2. The number of anilines is 1. The maximum absolute atomic E-state index is 12.1. The van der Waals surface area contributed by atoms with Gasteiger partial charge in [-0.3, -0.25) is 5.10 Å². The topological polar surface area (TPSA) is 121 Å². The molecule has 2 aromatic rings. The molecule has 0 fully saturated rings. The van der Waals surface area contributed by atoms with Crippen molar-refractivity contribution in [2.45, 2.75) is 10.9 Å². The summed E-state index contributed by atoms with van der Waals surface area (Å²) < 4.78 is 26.6. The van der Waals surface area contributed by atoms with Gasteiger partial charge in [0.15, 0.2) is 0 Å². The first-order valence-electron chi connectivity index (χ1n) is 5.51. The molecule has 1 atom stereocenters. The molecular formula is C11H14N4O3S. The van der Waals surface area contributed by atoms with E-state index in [1.165, 1.54) is 0 Å². The lowest BCUT2D eigenvalue weighted by Gasteiger charge is -2.16. The Bertz CT molecular complexity index is 639. The second kappa shape index (κ2) is 5.39. The van der Waals surface area contributed by atoms with Gasteiger partial charge in [-0.25, -0.2) is 13.1 Å². The van der Waals surface area contributed by atoms with Crippen LogP contribution in [0, 0.1) is 0 Å². The molecule has 5 N–H and O–H groups in total. The highest BCUT2D eigenvalue weighted by Gasteiger charge is 2.24. The number of aliphatic hydroxyl groups excluding tert-OH is 1. The van der Waals surface area contributed by atoms with E-state index < -0.39 is 16.1 Å². The molecule has 1 aromatic carbocycles. The molecule has 0 saturated heterocycles. The summed E-state index contributed by atoms with van der Waals surface area (Å²) in [6, 6.07) is 8.04. The molecule has 0 saturated carbocycles. The van der Waals surface area contributed by atoms with Gasteiger partial charge in [0, 0.05) is 0 Å². The van der Waals surface area contributed by atoms with E-state index in [-0.39, 0.29) is 17.3 Å². The van der Waals surface area contributed by atoms with E-state index in [1.807, 2.05) is 0 Å². The van der Waals surface area contributed by atoms with E-state index >= 15 is 0 Å². The Labute approximate surface area is 110 Å². The molecule has 1 aromatic heterocycles. The Balaban J connectivity index is 2.27. The Morgan fingerprint density at radius 3 is 2.58 bits per heavy atom. The van der Waals surface area contributed by atoms with Gasteiger partial charge in [0.2, 0.25) is 10.0 Å². The highest BCUT2D eigenvalue weighted by atomic mass is 32.2. The number of H-pyrrole nitrogens is 1. The predicted octanol–water partition coefficient (Wildman–Crippen LogP) is 0.00380. The molecule has 8 heteroatoms. The smallest absolute Gasteiger partial charge is 0.246 e. The maximum Gasteiger partial charge on any atom is 0.246 e. The molecule has 0 aliphatic carbocycles. The summed E-state index contributed by atoms with van der Waals surface area (Å²) in [6.45, 7) is -0.360. The summed E-state index contributed by atoms with van der Waals surface area (Å²) in [7, 11) is -3.84. The monoisotopic (exact) mass is 282 g/mol. The summed E-state index contributed by atoms with van der Waals surface area (Å²) in [5.74, 6) is -0.0442. The molecule has 1 heterocycles. The second-order valence-electron chi connectivity index (χ2n) is 3.92. The SMILES string of the molecule is Nc1[nH]ncc1S(=O)(=O)N[C@H](CO)c1ccccc1. The summed E-state index contributed by atoms with van der Waals surface area (Å²) in [6.07, 6.45) is 1.12. The normalized spacial score (nSPS) is 13.3. The van der Waals surface area contributed by atoms with Gasteiger partial charge < -0.3 is 10.8 Å². The molecule has 0 amide bonds. The van der Waals surface area contributed by atoms with Crippen molar-refractivity contribution in [3.05, 3.63) is 42.1 Å². The van der Waals surface area contributed by atoms with Gasteiger partial charge >= 0.3 is 0 Å². The van der Waals surface area contributed by atoms with E-state index in [4.69, 9.17) is 5.73 Å². The second-order valence-corrected chi connectivity index (χ2v) is 5.60. The van der Waals surface area contributed by atoms with Crippen LogP contribution < -0.4 is 10.5 Å². The standard InChI is InChI=1S/C11H14N4O3S/c12-11-10(6-13-14-11)19(17,18)15-9(7-16)8-4-2-1-3-5-8/h1-6,9,15-16H,7H2,(H3,12,13,14)/t9-/m1/s1. The van der Waals surface area contributed by atoms with Gasteiger partial charge in [-0.2, -0.15) is 5.10 Å². The average molecular weight is 282 g/mol. The van der Waals surface area contributed by atoms with Crippen molar-refractivity contribution in [2.24, 2.45) is 0 Å². The van der Waals surface area contributed by atoms with Crippen LogP contribution in [0.4, 0.5) is 5.82 Å². The fraction of sp³-hybridized carbons (Fsp3) is 0.182. The van der Waals surface area contributed by atoms with Crippen LogP contribution in [0.15, 0.2) is 41.4 Å². The van der Waals surface area contributed by atoms with Crippen LogP contribution in [0.5, 0.6) is 0 Å². The van der Waals surface area contributed by atoms with Gasteiger partial charge in [-0.15, -0.1) is 0 Å². The number of nitrogens with two attached hydrogens (primary N) is 1. The predicted molar refractivity (Wildman–Crippen MR) is 69.6 cm³/mol. The maximum atomic E-state index is 12.1. The molecule has 19 heavy (non-hydrogen) atoms. The highest BCUT2D eigenvalue weighted by Crippen LogP contribution is 2.19. The van der Waals surface area contributed by atoms with Crippen LogP contribution in [0.25, 0.3) is 0 Å². The lowest BCUT2D eigenvalue weighted by atomic mass is 10.1. The molecule has 0 bridgehead atoms. The van der Waals surface area contributed by atoms with Crippen molar-refractivity contribution in [2.75, 3.05) is 12.3 Å². The Morgan fingerprint density at radius 1 is 1.37 bits per heavy atom. The van der Waals surface area contributed by atoms with E-state index in [0.717, 1.165) is 6.20 Å². The number of aromatic nitrogens is 2. The molecule has 0 aliphatic rings. The number of benzene rings is 1. The van der Waals surface area contributed by atoms with Crippen LogP contribution in [0.2, 0.25) is 0 Å². The minimum absolute atomic E-state index is 0.0442. The Morgan fingerprint density at radius 2 is 2.05 bits per heavy atom. The number of nitrogen functional groups attached to an aromatic ring is 1. The lowest BCUT2D eigenvalue weighted by molar-refractivity contribution is 0.259. The molecule has 0 aliphatic heterocycles. The zero-order valence-electron chi connectivity index (χ0n) is 9.95. The third kappa shape index (κ3) is 2.92. The van der Waals surface area contributed by atoms with Crippen molar-refractivity contribution >= 4 is 15.8 Å². The zero-order valence-corrected chi connectivity index (χ0v) is 10.8. The number of rotatable bonds is 5. The van der Waals surface area contributed by atoms with Crippen molar-refractivity contribution in [3.63, 3.8) is 0 Å². The first-order chi connectivity index (χ1) is 9.04. The average Bonchev–Trinajstić information content (AvgIpc) is 2.84. The fourth-order valence-electron chi connectivity index (χ4n) is 1.65. The van der Waals surface area contributed by atoms with E-state index in [9.17, 15) is 13.5 Å². The molecule has 2 rings (SSSR count). The minimum Gasteiger partial charge on any atom is -0.394 e. The van der Waals surface area contributed by atoms with Crippen LogP contribution in [-0.4, -0.2) is 30.3 Å². The quantitative estimate of drug-likeness (QED) is 0.615. The molecule has 0 radical (unpaired) electrons. The summed E-state index contributed by atoms with van der Waals surface area (Å²) in [4.78, 5) is -0.137. The van der Waals surface area contributed by atoms with Crippen molar-refractivity contribution < 1.29 is 13.5 Å². The van der Waals surface area contributed by atoms with Crippen LogP contribution in [-0.2, 0) is 10.0 Å². The molecule has 0 spiro atoms.